The Labute approximate surface area is 175 Å². The molecule has 29 heavy (non-hydrogen) atoms. The largest absolute Gasteiger partial charge is 0.357 e. The van der Waals surface area contributed by atoms with Gasteiger partial charge in [0, 0.05) is 17.5 Å². The van der Waals surface area contributed by atoms with Crippen LogP contribution in [-0.4, -0.2) is 15.1 Å². The van der Waals surface area contributed by atoms with Gasteiger partial charge in [0.1, 0.15) is 0 Å². The molecular weight excluding hydrogens is 378 g/mol. The van der Waals surface area contributed by atoms with E-state index in [2.05, 4.69) is 46.3 Å². The van der Waals surface area contributed by atoms with Crippen LogP contribution in [0, 0.1) is 6.92 Å². The summed E-state index contributed by atoms with van der Waals surface area (Å²) < 4.78 is 0. The number of hydrogen-bond acceptors (Lipinski definition) is 4. The van der Waals surface area contributed by atoms with E-state index < -0.39 is 0 Å². The lowest BCUT2D eigenvalue weighted by Crippen LogP contribution is -2.38. The second-order valence-corrected chi connectivity index (χ2v) is 7.11. The number of thiocarbonyl (C=S) groups is 1. The summed E-state index contributed by atoms with van der Waals surface area (Å²) in [5.41, 5.74) is 11.1. The predicted molar refractivity (Wildman–Crippen MR) is 122 cm³/mol. The van der Waals surface area contributed by atoms with E-state index in [4.69, 9.17) is 17.2 Å². The van der Waals surface area contributed by atoms with Crippen LogP contribution in [0.4, 0.5) is 5.95 Å². The first-order valence-electron chi connectivity index (χ1n) is 9.37. The van der Waals surface area contributed by atoms with E-state index in [0.29, 0.717) is 17.6 Å². The monoisotopic (exact) mass is 399 g/mol. The zero-order chi connectivity index (χ0) is 20.1. The van der Waals surface area contributed by atoms with Gasteiger partial charge in [-0.25, -0.2) is 9.97 Å². The zero-order valence-corrected chi connectivity index (χ0v) is 16.8. The fourth-order valence-electron chi connectivity index (χ4n) is 3.08. The number of hydrogen-bond donors (Lipinski definition) is 3. The lowest BCUT2D eigenvalue weighted by Gasteiger charge is -2.13. The van der Waals surface area contributed by atoms with E-state index in [0.717, 1.165) is 27.7 Å². The van der Waals surface area contributed by atoms with E-state index >= 15 is 0 Å². The van der Waals surface area contributed by atoms with E-state index in [1.165, 1.54) is 5.56 Å². The minimum Gasteiger partial charge on any atom is -0.357 e. The minimum atomic E-state index is 0.462. The van der Waals surface area contributed by atoms with Crippen LogP contribution >= 0.6 is 12.2 Å². The number of nitrogens with one attached hydrogen (secondary N) is 3. The molecule has 0 spiro atoms. The average Bonchev–Trinajstić information content (AvgIpc) is 2.76. The topological polar surface area (TPSA) is 61.9 Å². The lowest BCUT2D eigenvalue weighted by molar-refractivity contribution is 0.880. The van der Waals surface area contributed by atoms with Crippen molar-refractivity contribution in [2.24, 2.45) is 0 Å². The summed E-state index contributed by atoms with van der Waals surface area (Å²) in [5.74, 6) is 0.462. The van der Waals surface area contributed by atoms with E-state index in [-0.39, 0.29) is 0 Å². The molecule has 0 aliphatic carbocycles. The Morgan fingerprint density at radius 2 is 1.69 bits per heavy atom. The van der Waals surface area contributed by atoms with Crippen LogP contribution in [0.15, 0.2) is 78.9 Å². The second kappa shape index (κ2) is 8.67. The molecule has 0 saturated carbocycles. The van der Waals surface area contributed by atoms with Crippen LogP contribution in [0.1, 0.15) is 11.1 Å². The molecule has 0 bridgehead atoms. The molecule has 0 aliphatic rings. The quantitative estimate of drug-likeness (QED) is 0.337. The number of aromatic nitrogens is 2. The van der Waals surface area contributed by atoms with Gasteiger partial charge in [-0.2, -0.15) is 0 Å². The number of fused-ring (bicyclic) bond motifs is 1. The lowest BCUT2D eigenvalue weighted by atomic mass is 10.0. The standard InChI is InChI=1S/C23H21N5S/c1-16-8-7-11-18(14-16)21-19-12-5-6-13-20(19)25-22(26-21)27-28-23(29)24-15-17-9-3-2-4-10-17/h2-14H,15H2,1H3,(H2,24,28,29)(H,25,26,27). The Kier molecular flexibility index (Phi) is 5.63. The van der Waals surface area contributed by atoms with Gasteiger partial charge < -0.3 is 5.32 Å². The Morgan fingerprint density at radius 3 is 2.52 bits per heavy atom. The first-order chi connectivity index (χ1) is 14.2. The maximum Gasteiger partial charge on any atom is 0.242 e. The number of aryl methyl sites for hydroxylation is 1. The van der Waals surface area contributed by atoms with Crippen molar-refractivity contribution < 1.29 is 0 Å². The molecule has 0 unspecified atom stereocenters. The summed E-state index contributed by atoms with van der Waals surface area (Å²) in [6.07, 6.45) is 0. The van der Waals surface area contributed by atoms with E-state index in [1.807, 2.05) is 60.7 Å². The Morgan fingerprint density at radius 1 is 0.897 bits per heavy atom. The third-order valence-electron chi connectivity index (χ3n) is 4.48. The fraction of sp³-hybridized carbons (Fsp3) is 0.0870. The normalized spacial score (nSPS) is 10.5. The van der Waals surface area contributed by atoms with Crippen LogP contribution in [-0.2, 0) is 6.54 Å². The number of nitrogens with zero attached hydrogens (tertiary/aromatic N) is 2. The van der Waals surface area contributed by atoms with Gasteiger partial charge in [0.15, 0.2) is 5.11 Å². The van der Waals surface area contributed by atoms with Crippen LogP contribution in [0.5, 0.6) is 0 Å². The van der Waals surface area contributed by atoms with Crippen molar-refractivity contribution >= 4 is 34.2 Å². The van der Waals surface area contributed by atoms with Crippen molar-refractivity contribution in [3.05, 3.63) is 90.0 Å². The molecule has 6 heteroatoms. The first kappa shape index (κ1) is 18.8. The van der Waals surface area contributed by atoms with Crippen molar-refractivity contribution in [3.8, 4) is 11.3 Å². The smallest absolute Gasteiger partial charge is 0.242 e. The zero-order valence-electron chi connectivity index (χ0n) is 16.0. The molecule has 0 atom stereocenters. The van der Waals surface area contributed by atoms with Crippen molar-refractivity contribution in [1.82, 2.24) is 20.7 Å². The van der Waals surface area contributed by atoms with Crippen molar-refractivity contribution in [2.45, 2.75) is 13.5 Å². The summed E-state index contributed by atoms with van der Waals surface area (Å²) >= 11 is 5.35. The minimum absolute atomic E-state index is 0.462. The molecule has 0 amide bonds. The van der Waals surface area contributed by atoms with Crippen LogP contribution in [0.2, 0.25) is 0 Å². The predicted octanol–water partition coefficient (Wildman–Crippen LogP) is 4.60. The molecule has 3 aromatic carbocycles. The van der Waals surface area contributed by atoms with Gasteiger partial charge in [-0.15, -0.1) is 0 Å². The molecule has 3 N–H and O–H groups in total. The van der Waals surface area contributed by atoms with Gasteiger partial charge in [0.25, 0.3) is 0 Å². The summed E-state index contributed by atoms with van der Waals surface area (Å²) in [6.45, 7) is 2.71. The van der Waals surface area contributed by atoms with Gasteiger partial charge in [-0.1, -0.05) is 72.3 Å². The molecule has 4 rings (SSSR count). The van der Waals surface area contributed by atoms with Crippen LogP contribution in [0.25, 0.3) is 22.2 Å². The molecule has 0 aliphatic heterocycles. The number of rotatable bonds is 5. The molecule has 5 nitrogen and oxygen atoms in total. The molecule has 144 valence electrons. The highest BCUT2D eigenvalue weighted by atomic mass is 32.1. The van der Waals surface area contributed by atoms with Gasteiger partial charge in [0.05, 0.1) is 11.2 Å². The van der Waals surface area contributed by atoms with E-state index in [1.54, 1.807) is 0 Å². The van der Waals surface area contributed by atoms with Crippen LogP contribution < -0.4 is 16.2 Å². The highest BCUT2D eigenvalue weighted by molar-refractivity contribution is 7.80. The van der Waals surface area contributed by atoms with Gasteiger partial charge in [0.2, 0.25) is 5.95 Å². The molecular formula is C23H21N5S. The number of hydrazine groups is 1. The highest BCUT2D eigenvalue weighted by Crippen LogP contribution is 2.27. The first-order valence-corrected chi connectivity index (χ1v) is 9.77. The average molecular weight is 400 g/mol. The second-order valence-electron chi connectivity index (χ2n) is 6.70. The van der Waals surface area contributed by atoms with Gasteiger partial charge in [-0.3, -0.25) is 10.9 Å². The maximum absolute atomic E-state index is 5.35. The SMILES string of the molecule is Cc1cccc(-c2nc(NNC(=S)NCc3ccccc3)nc3ccccc23)c1. The van der Waals surface area contributed by atoms with Crippen molar-refractivity contribution in [1.29, 1.82) is 0 Å². The van der Waals surface area contributed by atoms with Crippen molar-refractivity contribution in [3.63, 3.8) is 0 Å². The summed E-state index contributed by atoms with van der Waals surface area (Å²) in [6, 6.07) is 26.4. The molecule has 4 aromatic rings. The molecule has 1 aromatic heterocycles. The Hall–Kier alpha value is -3.51. The summed E-state index contributed by atoms with van der Waals surface area (Å²) in [7, 11) is 0. The Bertz CT molecular complexity index is 1140. The van der Waals surface area contributed by atoms with Crippen LogP contribution in [0.3, 0.4) is 0 Å². The highest BCUT2D eigenvalue weighted by Gasteiger charge is 2.10. The van der Waals surface area contributed by atoms with Gasteiger partial charge >= 0.3 is 0 Å². The summed E-state index contributed by atoms with van der Waals surface area (Å²) in [4.78, 5) is 9.33. The maximum atomic E-state index is 5.35. The van der Waals surface area contributed by atoms with E-state index in [9.17, 15) is 0 Å². The molecule has 0 saturated heterocycles. The number of para-hydroxylation sites is 1. The van der Waals surface area contributed by atoms with Gasteiger partial charge in [-0.05, 0) is 36.8 Å². The fourth-order valence-corrected chi connectivity index (χ4v) is 3.20. The summed E-state index contributed by atoms with van der Waals surface area (Å²) in [5, 5.41) is 4.64. The van der Waals surface area contributed by atoms with Crippen molar-refractivity contribution in [2.75, 3.05) is 5.43 Å². The molecule has 0 radical (unpaired) electrons. The third kappa shape index (κ3) is 4.67. The molecule has 0 fully saturated rings. The third-order valence-corrected chi connectivity index (χ3v) is 4.72. The molecule has 1 heterocycles. The Balaban J connectivity index is 1.52. The number of benzene rings is 3. The number of anilines is 1.